The molecule has 0 heterocycles. The lowest BCUT2D eigenvalue weighted by Gasteiger charge is -2.24. The van der Waals surface area contributed by atoms with Crippen LogP contribution in [0.25, 0.3) is 0 Å². The van der Waals surface area contributed by atoms with Gasteiger partial charge in [0.2, 0.25) is 0 Å². The summed E-state index contributed by atoms with van der Waals surface area (Å²) in [6, 6.07) is 0. The molecule has 0 aromatic rings. The zero-order valence-corrected chi connectivity index (χ0v) is 8.18. The maximum absolute atomic E-state index is 11.0. The Morgan fingerprint density at radius 1 is 1.25 bits per heavy atom. The summed E-state index contributed by atoms with van der Waals surface area (Å²) in [4.78, 5) is 0. The van der Waals surface area contributed by atoms with Crippen molar-refractivity contribution in [1.29, 1.82) is 0 Å². The Labute approximate surface area is 73.7 Å². The molecule has 1 N–H and O–H groups in total. The Hall–Kier alpha value is -0.0900. The van der Waals surface area contributed by atoms with Gasteiger partial charge in [-0.1, -0.05) is 19.3 Å². The smallest absolute Gasteiger partial charge is 0.174 e. The average molecular weight is 192 g/mol. The van der Waals surface area contributed by atoms with E-state index in [1.54, 1.807) is 0 Å². The van der Waals surface area contributed by atoms with Crippen LogP contribution in [0.3, 0.4) is 0 Å². The number of aliphatic hydroxyl groups is 1. The quantitative estimate of drug-likeness (QED) is 0.708. The molecule has 1 aliphatic rings. The molecule has 12 heavy (non-hydrogen) atoms. The van der Waals surface area contributed by atoms with Crippen LogP contribution in [0.5, 0.6) is 0 Å². The van der Waals surface area contributed by atoms with E-state index in [0.717, 1.165) is 31.9 Å². The van der Waals surface area contributed by atoms with Crippen molar-refractivity contribution in [3.05, 3.63) is 0 Å². The lowest BCUT2D eigenvalue weighted by molar-refractivity contribution is 0.150. The summed E-state index contributed by atoms with van der Waals surface area (Å²) >= 11 is 0. The van der Waals surface area contributed by atoms with E-state index < -0.39 is 15.3 Å². The lowest BCUT2D eigenvalue weighted by atomic mass is 9.90. The molecule has 1 unspecified atom stereocenters. The third kappa shape index (κ3) is 2.45. The summed E-state index contributed by atoms with van der Waals surface area (Å²) in [7, 11) is -3.25. The topological polar surface area (TPSA) is 54.4 Å². The molecular weight excluding hydrogens is 176 g/mol. The number of sulfone groups is 1. The van der Waals surface area contributed by atoms with E-state index in [2.05, 4.69) is 0 Å². The third-order valence-corrected chi connectivity index (χ3v) is 3.75. The van der Waals surface area contributed by atoms with Crippen molar-refractivity contribution in [3.8, 4) is 0 Å². The first-order chi connectivity index (χ1) is 5.52. The number of aliphatic hydroxyl groups excluding tert-OH is 1. The van der Waals surface area contributed by atoms with Crippen LogP contribution in [0.2, 0.25) is 0 Å². The average Bonchev–Trinajstić information content (AvgIpc) is 2.03. The monoisotopic (exact) mass is 192 g/mol. The minimum atomic E-state index is -3.25. The molecule has 72 valence electrons. The van der Waals surface area contributed by atoms with Gasteiger partial charge in [-0.25, -0.2) is 8.42 Å². The molecule has 1 rings (SSSR count). The molecule has 0 bridgehead atoms. The van der Waals surface area contributed by atoms with Crippen molar-refractivity contribution in [2.75, 3.05) is 6.26 Å². The molecular formula is C8H16O3S. The highest BCUT2D eigenvalue weighted by Crippen LogP contribution is 2.28. The van der Waals surface area contributed by atoms with Crippen molar-refractivity contribution >= 4 is 9.84 Å². The Morgan fingerprint density at radius 3 is 2.17 bits per heavy atom. The van der Waals surface area contributed by atoms with Gasteiger partial charge in [0.15, 0.2) is 15.3 Å². The summed E-state index contributed by atoms with van der Waals surface area (Å²) in [5, 5.41) is 9.42. The van der Waals surface area contributed by atoms with Gasteiger partial charge in [0.25, 0.3) is 0 Å². The van der Waals surface area contributed by atoms with E-state index in [-0.39, 0.29) is 5.92 Å². The van der Waals surface area contributed by atoms with Crippen molar-refractivity contribution in [3.63, 3.8) is 0 Å². The van der Waals surface area contributed by atoms with Crippen LogP contribution >= 0.6 is 0 Å². The fraction of sp³-hybridized carbons (Fsp3) is 1.00. The Kier molecular flexibility index (Phi) is 3.12. The van der Waals surface area contributed by atoms with Crippen LogP contribution in [-0.4, -0.2) is 25.2 Å². The standard InChI is InChI=1S/C8H16O3S/c1-12(10,11)8(9)7-5-3-2-4-6-7/h7-9H,2-6H2,1H3. The van der Waals surface area contributed by atoms with E-state index in [4.69, 9.17) is 0 Å². The highest BCUT2D eigenvalue weighted by molar-refractivity contribution is 7.91. The Balaban J connectivity index is 2.57. The number of hydrogen-bond acceptors (Lipinski definition) is 3. The van der Waals surface area contributed by atoms with Crippen LogP contribution in [0.15, 0.2) is 0 Å². The molecule has 3 nitrogen and oxygen atoms in total. The zero-order valence-electron chi connectivity index (χ0n) is 7.36. The molecule has 4 heteroatoms. The highest BCUT2D eigenvalue weighted by Gasteiger charge is 2.28. The first-order valence-electron chi connectivity index (χ1n) is 4.39. The largest absolute Gasteiger partial charge is 0.377 e. The van der Waals surface area contributed by atoms with E-state index in [9.17, 15) is 13.5 Å². The first kappa shape index (κ1) is 9.99. The number of hydrogen-bond donors (Lipinski definition) is 1. The summed E-state index contributed by atoms with van der Waals surface area (Å²) in [5.41, 5.74) is -1.13. The van der Waals surface area contributed by atoms with E-state index in [1.165, 1.54) is 6.42 Å². The highest BCUT2D eigenvalue weighted by atomic mass is 32.2. The minimum absolute atomic E-state index is 0.0197. The van der Waals surface area contributed by atoms with Crippen molar-refractivity contribution in [2.45, 2.75) is 37.5 Å². The van der Waals surface area contributed by atoms with Crippen molar-refractivity contribution in [2.24, 2.45) is 5.92 Å². The lowest BCUT2D eigenvalue weighted by Crippen LogP contribution is -2.30. The normalized spacial score (nSPS) is 23.8. The van der Waals surface area contributed by atoms with Crippen LogP contribution in [0.1, 0.15) is 32.1 Å². The summed E-state index contributed by atoms with van der Waals surface area (Å²) in [6.07, 6.45) is 6.09. The van der Waals surface area contributed by atoms with Crippen molar-refractivity contribution < 1.29 is 13.5 Å². The molecule has 1 aliphatic carbocycles. The van der Waals surface area contributed by atoms with Crippen LogP contribution < -0.4 is 0 Å². The molecule has 0 saturated heterocycles. The molecule has 1 fully saturated rings. The van der Waals surface area contributed by atoms with Gasteiger partial charge in [0.1, 0.15) is 0 Å². The maximum Gasteiger partial charge on any atom is 0.174 e. The fourth-order valence-electron chi connectivity index (χ4n) is 1.77. The molecule has 1 saturated carbocycles. The van der Waals surface area contributed by atoms with Crippen LogP contribution in [0, 0.1) is 5.92 Å². The second-order valence-corrected chi connectivity index (χ2v) is 5.76. The van der Waals surface area contributed by atoms with Gasteiger partial charge < -0.3 is 5.11 Å². The second-order valence-electron chi connectivity index (χ2n) is 3.62. The minimum Gasteiger partial charge on any atom is -0.377 e. The summed E-state index contributed by atoms with van der Waals surface area (Å²) < 4.78 is 22.0. The zero-order chi connectivity index (χ0) is 9.19. The van der Waals surface area contributed by atoms with Crippen molar-refractivity contribution in [1.82, 2.24) is 0 Å². The Bertz CT molecular complexity index is 227. The maximum atomic E-state index is 11.0. The van der Waals surface area contributed by atoms with E-state index >= 15 is 0 Å². The van der Waals surface area contributed by atoms with Gasteiger partial charge in [-0.05, 0) is 18.8 Å². The molecule has 0 aromatic carbocycles. The second kappa shape index (κ2) is 3.75. The summed E-state index contributed by atoms with van der Waals surface area (Å²) in [5.74, 6) is -0.0197. The molecule has 0 spiro atoms. The molecule has 1 atom stereocenters. The van der Waals surface area contributed by atoms with Gasteiger partial charge in [-0.2, -0.15) is 0 Å². The van der Waals surface area contributed by atoms with Crippen LogP contribution in [-0.2, 0) is 9.84 Å². The Morgan fingerprint density at radius 2 is 1.75 bits per heavy atom. The van der Waals surface area contributed by atoms with Gasteiger partial charge in [-0.15, -0.1) is 0 Å². The van der Waals surface area contributed by atoms with Crippen LogP contribution in [0.4, 0.5) is 0 Å². The first-order valence-corrected chi connectivity index (χ1v) is 6.34. The van der Waals surface area contributed by atoms with E-state index in [0.29, 0.717) is 0 Å². The van der Waals surface area contributed by atoms with Gasteiger partial charge in [0, 0.05) is 6.26 Å². The summed E-state index contributed by atoms with van der Waals surface area (Å²) in [6.45, 7) is 0. The molecule has 0 amide bonds. The molecule has 0 radical (unpaired) electrons. The predicted molar refractivity (Wildman–Crippen MR) is 47.4 cm³/mol. The third-order valence-electron chi connectivity index (χ3n) is 2.49. The SMILES string of the molecule is CS(=O)(=O)C(O)C1CCCCC1. The van der Waals surface area contributed by atoms with Gasteiger partial charge >= 0.3 is 0 Å². The van der Waals surface area contributed by atoms with Gasteiger partial charge in [-0.3, -0.25) is 0 Å². The number of rotatable bonds is 2. The predicted octanol–water partition coefficient (Wildman–Crippen LogP) is 0.930. The fourth-order valence-corrected chi connectivity index (χ4v) is 2.74. The van der Waals surface area contributed by atoms with Gasteiger partial charge in [0.05, 0.1) is 0 Å². The molecule has 0 aromatic heterocycles. The van der Waals surface area contributed by atoms with E-state index in [1.807, 2.05) is 0 Å². The molecule has 0 aliphatic heterocycles.